The zero-order chi connectivity index (χ0) is 14.5. The van der Waals surface area contributed by atoms with Crippen molar-refractivity contribution in [1.29, 1.82) is 0 Å². The van der Waals surface area contributed by atoms with Crippen molar-refractivity contribution in [2.24, 2.45) is 0 Å². The van der Waals surface area contributed by atoms with Gasteiger partial charge in [-0.15, -0.1) is 0 Å². The number of aliphatic hydroxyl groups is 1. The Balaban J connectivity index is 1.89. The van der Waals surface area contributed by atoms with Gasteiger partial charge in [-0.05, 0) is 18.6 Å². The molecule has 2 aromatic carbocycles. The van der Waals surface area contributed by atoms with Crippen LogP contribution in [0.1, 0.15) is 22.8 Å². The van der Waals surface area contributed by atoms with Crippen LogP contribution in [0.4, 0.5) is 0 Å². The number of para-hydroxylation sites is 1. The molecule has 1 atom stereocenters. The second-order valence-corrected chi connectivity index (χ2v) is 5.21. The first-order valence-corrected chi connectivity index (χ1v) is 6.87. The highest BCUT2D eigenvalue weighted by molar-refractivity contribution is 6.32. The molecular formula is C16H18ClNO2. The number of nitrogens with one attached hydrogen (secondary N) is 1. The number of aryl methyl sites for hydroxylation is 1. The van der Waals surface area contributed by atoms with Crippen LogP contribution in [0.25, 0.3) is 0 Å². The van der Waals surface area contributed by atoms with E-state index >= 15 is 0 Å². The molecule has 0 amide bonds. The number of hydrogen-bond donors (Lipinski definition) is 3. The Labute approximate surface area is 123 Å². The molecule has 20 heavy (non-hydrogen) atoms. The van der Waals surface area contributed by atoms with Crippen LogP contribution in [0.2, 0.25) is 5.02 Å². The fourth-order valence-electron chi connectivity index (χ4n) is 1.95. The van der Waals surface area contributed by atoms with E-state index in [4.69, 9.17) is 11.6 Å². The van der Waals surface area contributed by atoms with Crippen molar-refractivity contribution in [3.63, 3.8) is 0 Å². The van der Waals surface area contributed by atoms with Gasteiger partial charge >= 0.3 is 0 Å². The van der Waals surface area contributed by atoms with Gasteiger partial charge in [0.05, 0.1) is 11.1 Å². The Bertz CT molecular complexity index is 569. The number of halogens is 1. The molecule has 0 aliphatic rings. The van der Waals surface area contributed by atoms with Gasteiger partial charge < -0.3 is 15.5 Å². The van der Waals surface area contributed by atoms with Crippen LogP contribution < -0.4 is 5.32 Å². The van der Waals surface area contributed by atoms with E-state index in [0.717, 1.165) is 11.1 Å². The fourth-order valence-corrected chi connectivity index (χ4v) is 2.15. The third kappa shape index (κ3) is 3.73. The summed E-state index contributed by atoms with van der Waals surface area (Å²) in [7, 11) is 0. The average molecular weight is 292 g/mol. The molecule has 0 heterocycles. The summed E-state index contributed by atoms with van der Waals surface area (Å²) in [6.07, 6.45) is -0.572. The Kier molecular flexibility index (Phi) is 5.01. The highest BCUT2D eigenvalue weighted by Gasteiger charge is 2.08. The first-order valence-electron chi connectivity index (χ1n) is 6.49. The Morgan fingerprint density at radius 2 is 1.85 bits per heavy atom. The second kappa shape index (κ2) is 6.75. The molecule has 2 rings (SSSR count). The SMILES string of the molecule is Cc1ccc(C(O)CNCc2cccc(Cl)c2O)cc1. The lowest BCUT2D eigenvalue weighted by Gasteiger charge is -2.13. The monoisotopic (exact) mass is 291 g/mol. The number of benzene rings is 2. The maximum absolute atomic E-state index is 10.1. The number of phenolic OH excluding ortho intramolecular Hbond substituents is 1. The lowest BCUT2D eigenvalue weighted by molar-refractivity contribution is 0.174. The lowest BCUT2D eigenvalue weighted by Crippen LogP contribution is -2.21. The maximum Gasteiger partial charge on any atom is 0.138 e. The first-order chi connectivity index (χ1) is 9.58. The fraction of sp³-hybridized carbons (Fsp3) is 0.250. The second-order valence-electron chi connectivity index (χ2n) is 4.80. The van der Waals surface area contributed by atoms with E-state index in [0.29, 0.717) is 23.7 Å². The van der Waals surface area contributed by atoms with Crippen molar-refractivity contribution in [2.75, 3.05) is 6.54 Å². The van der Waals surface area contributed by atoms with Gasteiger partial charge in [-0.2, -0.15) is 0 Å². The summed E-state index contributed by atoms with van der Waals surface area (Å²) in [4.78, 5) is 0. The van der Waals surface area contributed by atoms with E-state index in [1.807, 2.05) is 31.2 Å². The number of rotatable bonds is 5. The highest BCUT2D eigenvalue weighted by atomic mass is 35.5. The minimum Gasteiger partial charge on any atom is -0.506 e. The molecule has 0 aliphatic heterocycles. The average Bonchev–Trinajstić information content (AvgIpc) is 2.44. The molecule has 106 valence electrons. The highest BCUT2D eigenvalue weighted by Crippen LogP contribution is 2.26. The third-order valence-corrected chi connectivity index (χ3v) is 3.49. The molecule has 0 spiro atoms. The molecule has 0 saturated heterocycles. The van der Waals surface area contributed by atoms with Gasteiger partial charge in [0.2, 0.25) is 0 Å². The third-order valence-electron chi connectivity index (χ3n) is 3.19. The van der Waals surface area contributed by atoms with Crippen LogP contribution in [0, 0.1) is 6.92 Å². The number of aromatic hydroxyl groups is 1. The molecule has 0 aromatic heterocycles. The van der Waals surface area contributed by atoms with Crippen molar-refractivity contribution in [1.82, 2.24) is 5.32 Å². The summed E-state index contributed by atoms with van der Waals surface area (Å²) in [6, 6.07) is 13.0. The van der Waals surface area contributed by atoms with E-state index in [-0.39, 0.29) is 5.75 Å². The molecule has 3 nitrogen and oxygen atoms in total. The summed E-state index contributed by atoms with van der Waals surface area (Å²) in [5.74, 6) is 0.0893. The van der Waals surface area contributed by atoms with Gasteiger partial charge in [-0.1, -0.05) is 53.6 Å². The molecule has 0 aliphatic carbocycles. The van der Waals surface area contributed by atoms with E-state index < -0.39 is 6.10 Å². The van der Waals surface area contributed by atoms with Crippen molar-refractivity contribution < 1.29 is 10.2 Å². The molecule has 3 N–H and O–H groups in total. The van der Waals surface area contributed by atoms with Gasteiger partial charge in [0.15, 0.2) is 0 Å². The molecule has 0 fully saturated rings. The van der Waals surface area contributed by atoms with Crippen LogP contribution in [0.3, 0.4) is 0 Å². The largest absolute Gasteiger partial charge is 0.506 e. The van der Waals surface area contributed by atoms with Gasteiger partial charge in [0.1, 0.15) is 5.75 Å². The normalized spacial score (nSPS) is 12.3. The number of hydrogen-bond acceptors (Lipinski definition) is 3. The number of aliphatic hydroxyl groups excluding tert-OH is 1. The summed E-state index contributed by atoms with van der Waals surface area (Å²) in [6.45, 7) is 2.88. The van der Waals surface area contributed by atoms with Crippen molar-refractivity contribution in [2.45, 2.75) is 19.6 Å². The Morgan fingerprint density at radius 1 is 1.15 bits per heavy atom. The summed E-state index contributed by atoms with van der Waals surface area (Å²) >= 11 is 5.84. The lowest BCUT2D eigenvalue weighted by atomic mass is 10.1. The zero-order valence-corrected chi connectivity index (χ0v) is 12.1. The Hall–Kier alpha value is -1.55. The standard InChI is InChI=1S/C16H18ClNO2/c1-11-5-7-12(8-6-11)15(19)10-18-9-13-3-2-4-14(17)16(13)20/h2-8,15,18-20H,9-10H2,1H3. The van der Waals surface area contributed by atoms with E-state index in [1.165, 1.54) is 0 Å². The molecule has 4 heteroatoms. The van der Waals surface area contributed by atoms with Crippen LogP contribution in [0.15, 0.2) is 42.5 Å². The Morgan fingerprint density at radius 3 is 2.55 bits per heavy atom. The van der Waals surface area contributed by atoms with Crippen LogP contribution in [-0.4, -0.2) is 16.8 Å². The molecular weight excluding hydrogens is 274 g/mol. The van der Waals surface area contributed by atoms with Gasteiger partial charge in [-0.3, -0.25) is 0 Å². The van der Waals surface area contributed by atoms with E-state index in [1.54, 1.807) is 18.2 Å². The van der Waals surface area contributed by atoms with Crippen LogP contribution >= 0.6 is 11.6 Å². The predicted octanol–water partition coefficient (Wildman–Crippen LogP) is 3.18. The number of phenols is 1. The minimum absolute atomic E-state index is 0.0893. The van der Waals surface area contributed by atoms with E-state index in [9.17, 15) is 10.2 Å². The van der Waals surface area contributed by atoms with Gasteiger partial charge in [-0.25, -0.2) is 0 Å². The predicted molar refractivity (Wildman–Crippen MR) is 81.0 cm³/mol. The zero-order valence-electron chi connectivity index (χ0n) is 11.3. The van der Waals surface area contributed by atoms with E-state index in [2.05, 4.69) is 5.32 Å². The molecule has 2 aromatic rings. The quantitative estimate of drug-likeness (QED) is 0.793. The molecule has 0 bridgehead atoms. The van der Waals surface area contributed by atoms with Gasteiger partial charge in [0, 0.05) is 18.7 Å². The van der Waals surface area contributed by atoms with Crippen LogP contribution in [-0.2, 0) is 6.54 Å². The molecule has 0 saturated carbocycles. The van der Waals surface area contributed by atoms with Crippen LogP contribution in [0.5, 0.6) is 5.75 Å². The smallest absolute Gasteiger partial charge is 0.138 e. The maximum atomic E-state index is 10.1. The summed E-state index contributed by atoms with van der Waals surface area (Å²) in [5.41, 5.74) is 2.75. The van der Waals surface area contributed by atoms with Gasteiger partial charge in [0.25, 0.3) is 0 Å². The van der Waals surface area contributed by atoms with Crippen molar-refractivity contribution in [3.8, 4) is 5.75 Å². The molecule has 1 unspecified atom stereocenters. The summed E-state index contributed by atoms with van der Waals surface area (Å²) < 4.78 is 0. The topological polar surface area (TPSA) is 52.5 Å². The van der Waals surface area contributed by atoms with Crippen molar-refractivity contribution >= 4 is 11.6 Å². The first kappa shape index (κ1) is 14.9. The molecule has 0 radical (unpaired) electrons. The van der Waals surface area contributed by atoms with Crippen molar-refractivity contribution in [3.05, 3.63) is 64.2 Å². The summed E-state index contributed by atoms with van der Waals surface area (Å²) in [5, 5.41) is 23.3. The minimum atomic E-state index is -0.572.